The summed E-state index contributed by atoms with van der Waals surface area (Å²) < 4.78 is 7.87. The number of aliphatic imine (C=N–C) groups is 1. The molecule has 166 valence electrons. The summed E-state index contributed by atoms with van der Waals surface area (Å²) in [7, 11) is 0. The minimum absolute atomic E-state index is 0.131. The number of rotatable bonds is 3. The standard InChI is InChI=1S/C28H26ClN3O/c1-17-14-28(3,15-17)19-10-11-23-21(13-19)25(20-7-4-5-8-22(20)29)31-18(2)27-26(30-16-32(23)27)24-9-6-12-33-24/h4-13,16-18H,14-15H2,1-3H3/t17?,18-,28?/m0/s1. The Balaban J connectivity index is 1.61. The monoisotopic (exact) mass is 455 g/mol. The number of aromatic nitrogens is 2. The average molecular weight is 456 g/mol. The first kappa shape index (κ1) is 20.5. The van der Waals surface area contributed by atoms with E-state index in [-0.39, 0.29) is 11.5 Å². The van der Waals surface area contributed by atoms with Crippen LogP contribution in [0.1, 0.15) is 62.0 Å². The predicted molar refractivity (Wildman–Crippen MR) is 133 cm³/mol. The van der Waals surface area contributed by atoms with Crippen LogP contribution in [0.4, 0.5) is 0 Å². The first-order valence-electron chi connectivity index (χ1n) is 11.5. The van der Waals surface area contributed by atoms with Crippen molar-refractivity contribution in [1.82, 2.24) is 9.55 Å². The summed E-state index contributed by atoms with van der Waals surface area (Å²) in [5.74, 6) is 1.52. The highest BCUT2D eigenvalue weighted by Gasteiger charge is 2.40. The zero-order valence-electron chi connectivity index (χ0n) is 19.0. The van der Waals surface area contributed by atoms with Gasteiger partial charge in [0, 0.05) is 16.1 Å². The van der Waals surface area contributed by atoms with Crippen LogP contribution in [-0.2, 0) is 5.41 Å². The highest BCUT2D eigenvalue weighted by Crippen LogP contribution is 2.48. The van der Waals surface area contributed by atoms with Crippen molar-refractivity contribution in [3.05, 3.63) is 94.6 Å². The zero-order chi connectivity index (χ0) is 22.7. The van der Waals surface area contributed by atoms with E-state index in [2.05, 4.69) is 49.6 Å². The number of nitrogens with zero attached hydrogens (tertiary/aromatic N) is 3. The molecule has 0 radical (unpaired) electrons. The van der Waals surface area contributed by atoms with Gasteiger partial charge >= 0.3 is 0 Å². The van der Waals surface area contributed by atoms with Crippen LogP contribution in [0.2, 0.25) is 5.02 Å². The second kappa shape index (κ2) is 7.46. The van der Waals surface area contributed by atoms with Crippen molar-refractivity contribution in [2.75, 3.05) is 0 Å². The topological polar surface area (TPSA) is 43.3 Å². The van der Waals surface area contributed by atoms with Gasteiger partial charge in [-0.3, -0.25) is 9.56 Å². The number of fused-ring (bicyclic) bond motifs is 3. The molecule has 0 unspecified atom stereocenters. The van der Waals surface area contributed by atoms with Crippen molar-refractivity contribution in [3.63, 3.8) is 0 Å². The molecule has 1 aliphatic heterocycles. The maximum Gasteiger partial charge on any atom is 0.154 e. The SMILES string of the molecule is CC1CC(C)(c2ccc3c(c2)C(c2ccccc2Cl)=N[C@@H](C)c2c(-c4ccco4)ncn2-3)C1. The Hall–Kier alpha value is -3.11. The van der Waals surface area contributed by atoms with Crippen LogP contribution in [0.15, 0.2) is 76.6 Å². The lowest BCUT2D eigenvalue weighted by Gasteiger charge is -2.44. The molecule has 1 fully saturated rings. The van der Waals surface area contributed by atoms with E-state index < -0.39 is 0 Å². The largest absolute Gasteiger partial charge is 0.463 e. The van der Waals surface area contributed by atoms with Crippen LogP contribution >= 0.6 is 11.6 Å². The van der Waals surface area contributed by atoms with Gasteiger partial charge in [0.05, 0.1) is 29.4 Å². The van der Waals surface area contributed by atoms with E-state index in [4.69, 9.17) is 26.0 Å². The van der Waals surface area contributed by atoms with Crippen LogP contribution < -0.4 is 0 Å². The Kier molecular flexibility index (Phi) is 4.63. The summed E-state index contributed by atoms with van der Waals surface area (Å²) in [6.45, 7) is 6.81. The van der Waals surface area contributed by atoms with Gasteiger partial charge in [0.25, 0.3) is 0 Å². The van der Waals surface area contributed by atoms with E-state index in [1.54, 1.807) is 6.26 Å². The molecule has 6 rings (SSSR count). The van der Waals surface area contributed by atoms with Gasteiger partial charge in [0.15, 0.2) is 5.76 Å². The van der Waals surface area contributed by atoms with Crippen LogP contribution in [0.25, 0.3) is 17.1 Å². The number of halogens is 1. The Morgan fingerprint density at radius 1 is 1.03 bits per heavy atom. The minimum atomic E-state index is -0.131. The smallest absolute Gasteiger partial charge is 0.154 e. The Morgan fingerprint density at radius 3 is 2.58 bits per heavy atom. The van der Waals surface area contributed by atoms with Crippen molar-refractivity contribution in [1.29, 1.82) is 0 Å². The number of hydrogen-bond acceptors (Lipinski definition) is 3. The molecule has 5 heteroatoms. The molecule has 0 saturated heterocycles. The molecule has 2 aliphatic rings. The first-order valence-corrected chi connectivity index (χ1v) is 11.9. The van der Waals surface area contributed by atoms with Crippen molar-refractivity contribution >= 4 is 17.3 Å². The third kappa shape index (κ3) is 3.19. The normalized spacial score (nSPS) is 23.8. The van der Waals surface area contributed by atoms with Gasteiger partial charge < -0.3 is 4.42 Å². The fourth-order valence-electron chi connectivity index (χ4n) is 5.77. The van der Waals surface area contributed by atoms with Crippen molar-refractivity contribution < 1.29 is 4.42 Å². The van der Waals surface area contributed by atoms with Gasteiger partial charge in [0.2, 0.25) is 0 Å². The molecule has 0 N–H and O–H groups in total. The third-order valence-corrected chi connectivity index (χ3v) is 7.54. The van der Waals surface area contributed by atoms with Crippen molar-refractivity contribution in [3.8, 4) is 17.1 Å². The molecule has 33 heavy (non-hydrogen) atoms. The molecule has 1 aliphatic carbocycles. The molecule has 4 nitrogen and oxygen atoms in total. The maximum absolute atomic E-state index is 6.70. The van der Waals surface area contributed by atoms with E-state index in [1.165, 1.54) is 18.4 Å². The van der Waals surface area contributed by atoms with Gasteiger partial charge in [0.1, 0.15) is 12.0 Å². The highest BCUT2D eigenvalue weighted by molar-refractivity contribution is 6.35. The molecular formula is C28H26ClN3O. The van der Waals surface area contributed by atoms with Crippen LogP contribution in [0, 0.1) is 5.92 Å². The van der Waals surface area contributed by atoms with Gasteiger partial charge in [-0.2, -0.15) is 0 Å². The van der Waals surface area contributed by atoms with E-state index in [0.29, 0.717) is 5.02 Å². The lowest BCUT2D eigenvalue weighted by molar-refractivity contribution is 0.178. The Morgan fingerprint density at radius 2 is 1.85 bits per heavy atom. The fraction of sp³-hybridized carbons (Fsp3) is 0.286. The van der Waals surface area contributed by atoms with Crippen LogP contribution in [0.5, 0.6) is 0 Å². The number of benzene rings is 2. The number of hydrogen-bond donors (Lipinski definition) is 0. The highest BCUT2D eigenvalue weighted by atomic mass is 35.5. The summed E-state index contributed by atoms with van der Waals surface area (Å²) in [5, 5.41) is 0.708. The Labute approximate surface area is 199 Å². The van der Waals surface area contributed by atoms with Crippen LogP contribution in [-0.4, -0.2) is 15.3 Å². The molecule has 0 spiro atoms. The molecule has 0 bridgehead atoms. The molecule has 4 aromatic rings. The summed E-state index contributed by atoms with van der Waals surface area (Å²) in [6, 6.07) is 18.5. The van der Waals surface area contributed by atoms with Gasteiger partial charge in [-0.1, -0.05) is 49.7 Å². The summed E-state index contributed by atoms with van der Waals surface area (Å²) >= 11 is 6.70. The molecule has 1 saturated carbocycles. The molecule has 2 aromatic carbocycles. The second-order valence-electron chi connectivity index (χ2n) is 9.77. The predicted octanol–water partition coefficient (Wildman–Crippen LogP) is 7.39. The van der Waals surface area contributed by atoms with Crippen LogP contribution in [0.3, 0.4) is 0 Å². The van der Waals surface area contributed by atoms with Gasteiger partial charge in [-0.25, -0.2) is 4.98 Å². The third-order valence-electron chi connectivity index (χ3n) is 7.21. The summed E-state index contributed by atoms with van der Waals surface area (Å²) in [5.41, 5.74) is 7.45. The van der Waals surface area contributed by atoms with E-state index >= 15 is 0 Å². The quantitative estimate of drug-likeness (QED) is 0.323. The first-order chi connectivity index (χ1) is 15.9. The molecular weight excluding hydrogens is 430 g/mol. The molecule has 2 aromatic heterocycles. The zero-order valence-corrected chi connectivity index (χ0v) is 19.8. The summed E-state index contributed by atoms with van der Waals surface area (Å²) in [6.07, 6.45) is 5.99. The van der Waals surface area contributed by atoms with Gasteiger partial charge in [-0.05, 0) is 67.0 Å². The van der Waals surface area contributed by atoms with Crippen molar-refractivity contribution in [2.45, 2.75) is 45.1 Å². The second-order valence-corrected chi connectivity index (χ2v) is 10.2. The van der Waals surface area contributed by atoms with E-state index in [1.807, 2.05) is 36.7 Å². The summed E-state index contributed by atoms with van der Waals surface area (Å²) in [4.78, 5) is 9.97. The molecule has 3 heterocycles. The minimum Gasteiger partial charge on any atom is -0.463 e. The van der Waals surface area contributed by atoms with Gasteiger partial charge in [-0.15, -0.1) is 0 Å². The lowest BCUT2D eigenvalue weighted by Crippen LogP contribution is -2.37. The van der Waals surface area contributed by atoms with Crippen molar-refractivity contribution in [2.24, 2.45) is 10.9 Å². The van der Waals surface area contributed by atoms with E-state index in [9.17, 15) is 0 Å². The molecule has 0 amide bonds. The van der Waals surface area contributed by atoms with E-state index in [0.717, 1.165) is 45.6 Å². The number of imidazole rings is 1. The fourth-order valence-corrected chi connectivity index (χ4v) is 5.99. The Bertz CT molecular complexity index is 1380. The molecule has 1 atom stereocenters. The lowest BCUT2D eigenvalue weighted by atomic mass is 9.60. The average Bonchev–Trinajstić information content (AvgIpc) is 3.44. The maximum atomic E-state index is 6.70. The number of furan rings is 1.